The minimum absolute atomic E-state index is 0.0252. The van der Waals surface area contributed by atoms with E-state index in [9.17, 15) is 19.7 Å². The number of methoxy groups -OCH3 is 1. The number of benzene rings is 1. The molecule has 0 N–H and O–H groups in total. The number of nitrogens with zero attached hydrogens (tertiary/aromatic N) is 1. The van der Waals surface area contributed by atoms with Gasteiger partial charge in [-0.05, 0) is 18.6 Å². The van der Waals surface area contributed by atoms with Crippen LogP contribution in [0.4, 0.5) is 5.69 Å². The van der Waals surface area contributed by atoms with Crippen molar-refractivity contribution in [3.8, 4) is 0 Å². The lowest BCUT2D eigenvalue weighted by molar-refractivity contribution is -0.384. The van der Waals surface area contributed by atoms with Crippen LogP contribution in [0, 0.1) is 16.0 Å². The van der Waals surface area contributed by atoms with E-state index < -0.39 is 16.8 Å². The zero-order valence-electron chi connectivity index (χ0n) is 11.7. The average Bonchev–Trinajstić information content (AvgIpc) is 2.45. The van der Waals surface area contributed by atoms with Gasteiger partial charge in [-0.3, -0.25) is 19.7 Å². The molecule has 0 saturated heterocycles. The Labute approximate surface area is 121 Å². The number of hydrogen-bond donors (Lipinski definition) is 0. The molecule has 1 aromatic rings. The number of hydrogen-bond acceptors (Lipinski definition) is 5. The largest absolute Gasteiger partial charge is 0.469 e. The van der Waals surface area contributed by atoms with Gasteiger partial charge < -0.3 is 4.74 Å². The highest BCUT2D eigenvalue weighted by atomic mass is 16.6. The van der Waals surface area contributed by atoms with Crippen molar-refractivity contribution in [3.63, 3.8) is 0 Å². The lowest BCUT2D eigenvalue weighted by atomic mass is 9.75. The molecule has 0 spiro atoms. The van der Waals surface area contributed by atoms with Crippen LogP contribution in [0.2, 0.25) is 0 Å². The van der Waals surface area contributed by atoms with Gasteiger partial charge in [0.25, 0.3) is 5.69 Å². The quantitative estimate of drug-likeness (QED) is 0.484. The van der Waals surface area contributed by atoms with Gasteiger partial charge in [0, 0.05) is 24.5 Å². The average molecular weight is 289 g/mol. The second-order valence-electron chi connectivity index (χ2n) is 5.01. The summed E-state index contributed by atoms with van der Waals surface area (Å²) in [4.78, 5) is 33.9. The molecule has 0 fully saturated rings. The van der Waals surface area contributed by atoms with Gasteiger partial charge in [-0.15, -0.1) is 0 Å². The molecule has 1 aromatic carbocycles. The second kappa shape index (κ2) is 5.87. The summed E-state index contributed by atoms with van der Waals surface area (Å²) in [5.74, 6) is -1.35. The SMILES string of the molecule is COC(=O)C1C(C)=CC(=O)CC1c1ccc([N+](=O)[O-])cc1. The highest BCUT2D eigenvalue weighted by Crippen LogP contribution is 2.38. The summed E-state index contributed by atoms with van der Waals surface area (Å²) in [5, 5.41) is 10.7. The number of allylic oxidation sites excluding steroid dienone is 1. The zero-order chi connectivity index (χ0) is 15.6. The van der Waals surface area contributed by atoms with E-state index in [1.54, 1.807) is 19.1 Å². The Kier molecular flexibility index (Phi) is 4.16. The summed E-state index contributed by atoms with van der Waals surface area (Å²) in [7, 11) is 1.30. The maximum absolute atomic E-state index is 12.0. The molecule has 6 heteroatoms. The third kappa shape index (κ3) is 2.99. The fourth-order valence-corrected chi connectivity index (χ4v) is 2.69. The van der Waals surface area contributed by atoms with E-state index in [1.165, 1.54) is 25.3 Å². The molecule has 6 nitrogen and oxygen atoms in total. The molecule has 1 aliphatic rings. The first-order chi connectivity index (χ1) is 9.93. The second-order valence-corrected chi connectivity index (χ2v) is 5.01. The van der Waals surface area contributed by atoms with Crippen molar-refractivity contribution < 1.29 is 19.2 Å². The normalized spacial score (nSPS) is 21.6. The fourth-order valence-electron chi connectivity index (χ4n) is 2.69. The first-order valence-corrected chi connectivity index (χ1v) is 6.47. The number of carbonyl (C=O) groups is 2. The van der Waals surface area contributed by atoms with E-state index in [2.05, 4.69) is 0 Å². The molecule has 110 valence electrons. The molecular formula is C15H15NO5. The maximum atomic E-state index is 12.0. The van der Waals surface area contributed by atoms with E-state index in [0.29, 0.717) is 5.57 Å². The molecule has 2 rings (SSSR count). The summed E-state index contributed by atoms with van der Waals surface area (Å²) in [6.45, 7) is 1.72. The van der Waals surface area contributed by atoms with Crippen LogP contribution in [0.3, 0.4) is 0 Å². The third-order valence-corrected chi connectivity index (χ3v) is 3.69. The monoisotopic (exact) mass is 289 g/mol. The van der Waals surface area contributed by atoms with Gasteiger partial charge in [-0.2, -0.15) is 0 Å². The Balaban J connectivity index is 2.39. The summed E-state index contributed by atoms with van der Waals surface area (Å²) in [6.07, 6.45) is 1.65. The lowest BCUT2D eigenvalue weighted by Crippen LogP contribution is -2.30. The van der Waals surface area contributed by atoms with Gasteiger partial charge in [0.15, 0.2) is 5.78 Å². The van der Waals surface area contributed by atoms with Gasteiger partial charge in [-0.1, -0.05) is 17.7 Å². The van der Waals surface area contributed by atoms with Crippen LogP contribution >= 0.6 is 0 Å². The molecule has 0 radical (unpaired) electrons. The standard InChI is InChI=1S/C15H15NO5/c1-9-7-12(17)8-13(14(9)15(18)21-2)10-3-5-11(6-4-10)16(19)20/h3-7,13-14H,8H2,1-2H3. The summed E-state index contributed by atoms with van der Waals surface area (Å²) in [5.41, 5.74) is 1.35. The Bertz CT molecular complexity index is 617. The molecule has 1 aliphatic carbocycles. The molecule has 0 amide bonds. The van der Waals surface area contributed by atoms with Crippen LogP contribution < -0.4 is 0 Å². The summed E-state index contributed by atoms with van der Waals surface area (Å²) < 4.78 is 4.81. The molecular weight excluding hydrogens is 274 g/mol. The maximum Gasteiger partial charge on any atom is 0.313 e. The van der Waals surface area contributed by atoms with Crippen LogP contribution in [-0.4, -0.2) is 23.8 Å². The van der Waals surface area contributed by atoms with E-state index in [-0.39, 0.29) is 23.8 Å². The number of ether oxygens (including phenoxy) is 1. The van der Waals surface area contributed by atoms with Crippen LogP contribution in [-0.2, 0) is 14.3 Å². The number of non-ortho nitro benzene ring substituents is 1. The molecule has 2 unspecified atom stereocenters. The predicted octanol–water partition coefficient (Wildman–Crippen LogP) is 2.39. The minimum atomic E-state index is -0.533. The molecule has 21 heavy (non-hydrogen) atoms. The van der Waals surface area contributed by atoms with Crippen molar-refractivity contribution in [1.29, 1.82) is 0 Å². The van der Waals surface area contributed by atoms with Crippen LogP contribution in [0.5, 0.6) is 0 Å². The van der Waals surface area contributed by atoms with Crippen molar-refractivity contribution in [1.82, 2.24) is 0 Å². The Morgan fingerprint density at radius 1 is 1.33 bits per heavy atom. The topological polar surface area (TPSA) is 86.5 Å². The van der Waals surface area contributed by atoms with Crippen molar-refractivity contribution in [3.05, 3.63) is 51.6 Å². The fraction of sp³-hybridized carbons (Fsp3) is 0.333. The first kappa shape index (κ1) is 14.9. The van der Waals surface area contributed by atoms with E-state index in [0.717, 1.165) is 5.56 Å². The number of carbonyl (C=O) groups excluding carboxylic acids is 2. The molecule has 0 saturated carbocycles. The highest BCUT2D eigenvalue weighted by Gasteiger charge is 2.36. The van der Waals surface area contributed by atoms with Crippen molar-refractivity contribution in [2.75, 3.05) is 7.11 Å². The van der Waals surface area contributed by atoms with Crippen molar-refractivity contribution in [2.24, 2.45) is 5.92 Å². The zero-order valence-corrected chi connectivity index (χ0v) is 11.7. The predicted molar refractivity (Wildman–Crippen MR) is 74.7 cm³/mol. The lowest BCUT2D eigenvalue weighted by Gasteiger charge is -2.28. The van der Waals surface area contributed by atoms with Crippen LogP contribution in [0.1, 0.15) is 24.8 Å². The minimum Gasteiger partial charge on any atom is -0.469 e. The number of esters is 1. The van der Waals surface area contributed by atoms with Gasteiger partial charge in [0.05, 0.1) is 18.0 Å². The molecule has 0 bridgehead atoms. The van der Waals surface area contributed by atoms with Crippen LogP contribution in [0.15, 0.2) is 35.9 Å². The Morgan fingerprint density at radius 3 is 2.48 bits per heavy atom. The Hall–Kier alpha value is -2.50. The van der Waals surface area contributed by atoms with Crippen molar-refractivity contribution >= 4 is 17.4 Å². The van der Waals surface area contributed by atoms with Crippen molar-refractivity contribution in [2.45, 2.75) is 19.3 Å². The molecule has 0 aromatic heterocycles. The third-order valence-electron chi connectivity index (χ3n) is 3.69. The molecule has 0 aliphatic heterocycles. The number of nitro groups is 1. The van der Waals surface area contributed by atoms with Gasteiger partial charge in [0.2, 0.25) is 0 Å². The van der Waals surface area contributed by atoms with Gasteiger partial charge >= 0.3 is 5.97 Å². The Morgan fingerprint density at radius 2 is 1.95 bits per heavy atom. The summed E-state index contributed by atoms with van der Waals surface area (Å²) in [6, 6.07) is 5.93. The summed E-state index contributed by atoms with van der Waals surface area (Å²) >= 11 is 0. The smallest absolute Gasteiger partial charge is 0.313 e. The van der Waals surface area contributed by atoms with Gasteiger partial charge in [-0.25, -0.2) is 0 Å². The number of nitro benzene ring substituents is 1. The molecule has 0 heterocycles. The number of rotatable bonds is 3. The first-order valence-electron chi connectivity index (χ1n) is 6.47. The van der Waals surface area contributed by atoms with E-state index in [1.807, 2.05) is 0 Å². The van der Waals surface area contributed by atoms with E-state index in [4.69, 9.17) is 4.74 Å². The number of ketones is 1. The highest BCUT2D eigenvalue weighted by molar-refractivity contribution is 5.95. The van der Waals surface area contributed by atoms with Crippen LogP contribution in [0.25, 0.3) is 0 Å². The molecule has 2 atom stereocenters. The van der Waals surface area contributed by atoms with Gasteiger partial charge in [0.1, 0.15) is 0 Å². The van der Waals surface area contributed by atoms with E-state index >= 15 is 0 Å².